The van der Waals surface area contributed by atoms with Gasteiger partial charge in [-0.2, -0.15) is 0 Å². The number of nitrogens with one attached hydrogen (secondary N) is 2. The molecule has 4 heteroatoms. The van der Waals surface area contributed by atoms with E-state index in [1.807, 2.05) is 30.3 Å². The standard InChI is InChI=1S/C26H28N2O2/c1-16-9-10-23-22(13-16)21(17(2)28-23)11-12-27-24-14-20(19-7-5-4-6-8-19)15-25(30)26(24)18(3)29/h4-10,13-14,20,26-28H,11-12,15H2,1-3H3. The lowest BCUT2D eigenvalue weighted by molar-refractivity contribution is -0.130. The average Bonchev–Trinajstić information content (AvgIpc) is 3.02. The summed E-state index contributed by atoms with van der Waals surface area (Å²) in [7, 11) is 0. The predicted octanol–water partition coefficient (Wildman–Crippen LogP) is 4.76. The highest BCUT2D eigenvalue weighted by molar-refractivity contribution is 6.05. The van der Waals surface area contributed by atoms with Crippen LogP contribution in [0.4, 0.5) is 0 Å². The highest BCUT2D eigenvalue weighted by Gasteiger charge is 2.34. The Labute approximate surface area is 177 Å². The lowest BCUT2D eigenvalue weighted by atomic mass is 9.79. The molecule has 1 aromatic heterocycles. The van der Waals surface area contributed by atoms with Gasteiger partial charge in [-0.15, -0.1) is 0 Å². The van der Waals surface area contributed by atoms with Crippen LogP contribution in [0, 0.1) is 19.8 Å². The maximum Gasteiger partial charge on any atom is 0.150 e. The average molecular weight is 401 g/mol. The SMILES string of the molecule is CC(=O)C1C(=O)CC(c2ccccc2)C=C1NCCc1c(C)[nH]c2ccc(C)cc12. The first-order valence-electron chi connectivity index (χ1n) is 10.6. The number of carbonyl (C=O) groups excluding carboxylic acids is 2. The molecule has 0 amide bonds. The van der Waals surface area contributed by atoms with Crippen molar-refractivity contribution in [1.29, 1.82) is 0 Å². The number of hydrogen-bond acceptors (Lipinski definition) is 3. The zero-order chi connectivity index (χ0) is 21.3. The Morgan fingerprint density at radius 1 is 1.13 bits per heavy atom. The normalized spacial score (nSPS) is 19.0. The summed E-state index contributed by atoms with van der Waals surface area (Å²) < 4.78 is 0. The first-order valence-corrected chi connectivity index (χ1v) is 10.6. The first-order chi connectivity index (χ1) is 14.4. The summed E-state index contributed by atoms with van der Waals surface area (Å²) in [6, 6.07) is 16.5. The fourth-order valence-corrected chi connectivity index (χ4v) is 4.55. The number of H-pyrrole nitrogens is 1. The molecular weight excluding hydrogens is 372 g/mol. The molecule has 0 saturated heterocycles. The van der Waals surface area contributed by atoms with Gasteiger partial charge in [0.05, 0.1) is 0 Å². The lowest BCUT2D eigenvalue weighted by Gasteiger charge is -2.27. The van der Waals surface area contributed by atoms with Gasteiger partial charge in [0.25, 0.3) is 0 Å². The van der Waals surface area contributed by atoms with Gasteiger partial charge in [0, 0.05) is 41.2 Å². The molecule has 1 aliphatic rings. The molecule has 0 bridgehead atoms. The van der Waals surface area contributed by atoms with Crippen molar-refractivity contribution in [3.8, 4) is 0 Å². The topological polar surface area (TPSA) is 62.0 Å². The van der Waals surface area contributed by atoms with Gasteiger partial charge in [0.2, 0.25) is 0 Å². The van der Waals surface area contributed by atoms with Crippen LogP contribution in [-0.2, 0) is 16.0 Å². The Balaban J connectivity index is 1.56. The van der Waals surface area contributed by atoms with Crippen molar-refractivity contribution in [3.05, 3.63) is 82.7 Å². The van der Waals surface area contributed by atoms with E-state index in [2.05, 4.69) is 48.4 Å². The van der Waals surface area contributed by atoms with Crippen molar-refractivity contribution in [2.45, 2.75) is 39.5 Å². The van der Waals surface area contributed by atoms with Crippen LogP contribution in [-0.4, -0.2) is 23.1 Å². The molecule has 2 aromatic carbocycles. The van der Waals surface area contributed by atoms with E-state index in [-0.39, 0.29) is 17.5 Å². The van der Waals surface area contributed by atoms with Gasteiger partial charge in [-0.1, -0.05) is 48.0 Å². The maximum absolute atomic E-state index is 12.8. The van der Waals surface area contributed by atoms with Crippen LogP contribution in [0.1, 0.15) is 41.6 Å². The molecule has 2 unspecified atom stereocenters. The first kappa shape index (κ1) is 20.1. The third-order valence-corrected chi connectivity index (χ3v) is 6.05. The number of rotatable bonds is 6. The lowest BCUT2D eigenvalue weighted by Crippen LogP contribution is -2.36. The molecule has 0 spiro atoms. The second-order valence-electron chi connectivity index (χ2n) is 8.31. The zero-order valence-electron chi connectivity index (χ0n) is 17.8. The summed E-state index contributed by atoms with van der Waals surface area (Å²) in [4.78, 5) is 28.5. The Hall–Kier alpha value is -3.14. The third kappa shape index (κ3) is 3.95. The van der Waals surface area contributed by atoms with E-state index in [1.54, 1.807) is 0 Å². The maximum atomic E-state index is 12.8. The van der Waals surface area contributed by atoms with Gasteiger partial charge in [-0.3, -0.25) is 9.59 Å². The number of allylic oxidation sites excluding steroid dienone is 2. The molecule has 4 rings (SSSR count). The van der Waals surface area contributed by atoms with E-state index in [0.717, 1.165) is 28.9 Å². The van der Waals surface area contributed by atoms with Gasteiger partial charge in [-0.05, 0) is 50.5 Å². The fourth-order valence-electron chi connectivity index (χ4n) is 4.55. The molecule has 154 valence electrons. The number of aromatic amines is 1. The Morgan fingerprint density at radius 3 is 2.63 bits per heavy atom. The summed E-state index contributed by atoms with van der Waals surface area (Å²) >= 11 is 0. The van der Waals surface area contributed by atoms with E-state index in [9.17, 15) is 9.59 Å². The van der Waals surface area contributed by atoms with Crippen molar-refractivity contribution in [2.75, 3.05) is 6.54 Å². The quantitative estimate of drug-likeness (QED) is 0.586. The van der Waals surface area contributed by atoms with E-state index in [4.69, 9.17) is 0 Å². The molecule has 0 fully saturated rings. The number of fused-ring (bicyclic) bond motifs is 1. The Morgan fingerprint density at radius 2 is 1.90 bits per heavy atom. The van der Waals surface area contributed by atoms with E-state index in [0.29, 0.717) is 13.0 Å². The van der Waals surface area contributed by atoms with Crippen LogP contribution < -0.4 is 5.32 Å². The molecule has 0 aliphatic heterocycles. The molecule has 3 aromatic rings. The highest BCUT2D eigenvalue weighted by atomic mass is 16.1. The number of ketones is 2. The van der Waals surface area contributed by atoms with Crippen molar-refractivity contribution in [3.63, 3.8) is 0 Å². The number of carbonyl (C=O) groups is 2. The van der Waals surface area contributed by atoms with Gasteiger partial charge < -0.3 is 10.3 Å². The fraction of sp³-hybridized carbons (Fsp3) is 0.308. The molecule has 2 N–H and O–H groups in total. The van der Waals surface area contributed by atoms with Crippen molar-refractivity contribution in [2.24, 2.45) is 5.92 Å². The van der Waals surface area contributed by atoms with E-state index < -0.39 is 5.92 Å². The highest BCUT2D eigenvalue weighted by Crippen LogP contribution is 2.32. The van der Waals surface area contributed by atoms with Crippen molar-refractivity contribution in [1.82, 2.24) is 10.3 Å². The number of Topliss-reactive ketones (excluding diaryl/α,β-unsaturated/α-hetero) is 2. The third-order valence-electron chi connectivity index (χ3n) is 6.05. The van der Waals surface area contributed by atoms with Crippen LogP contribution in [0.3, 0.4) is 0 Å². The molecule has 2 atom stereocenters. The van der Waals surface area contributed by atoms with E-state index in [1.165, 1.54) is 23.4 Å². The summed E-state index contributed by atoms with van der Waals surface area (Å²) in [5, 5.41) is 4.68. The minimum Gasteiger partial charge on any atom is -0.387 e. The van der Waals surface area contributed by atoms with Crippen LogP contribution in [0.15, 0.2) is 60.3 Å². The smallest absolute Gasteiger partial charge is 0.150 e. The minimum absolute atomic E-state index is 0.000234. The van der Waals surface area contributed by atoms with Gasteiger partial charge in [0.1, 0.15) is 17.5 Å². The molecule has 4 nitrogen and oxygen atoms in total. The molecular formula is C26H28N2O2. The largest absolute Gasteiger partial charge is 0.387 e. The van der Waals surface area contributed by atoms with Crippen LogP contribution in [0.2, 0.25) is 0 Å². The monoisotopic (exact) mass is 400 g/mol. The number of aromatic nitrogens is 1. The summed E-state index contributed by atoms with van der Waals surface area (Å²) in [5.41, 5.74) is 6.68. The Bertz CT molecular complexity index is 1120. The van der Waals surface area contributed by atoms with Crippen molar-refractivity contribution < 1.29 is 9.59 Å². The van der Waals surface area contributed by atoms with Gasteiger partial charge in [0.15, 0.2) is 0 Å². The number of aryl methyl sites for hydroxylation is 2. The van der Waals surface area contributed by atoms with Crippen molar-refractivity contribution >= 4 is 22.5 Å². The minimum atomic E-state index is -0.670. The Kier molecular flexibility index (Phi) is 5.58. The van der Waals surface area contributed by atoms with Crippen LogP contribution in [0.25, 0.3) is 10.9 Å². The van der Waals surface area contributed by atoms with Gasteiger partial charge >= 0.3 is 0 Å². The number of hydrogen-bond donors (Lipinski definition) is 2. The predicted molar refractivity (Wildman–Crippen MR) is 121 cm³/mol. The molecule has 1 heterocycles. The zero-order valence-corrected chi connectivity index (χ0v) is 17.8. The molecule has 1 aliphatic carbocycles. The molecule has 0 radical (unpaired) electrons. The summed E-state index contributed by atoms with van der Waals surface area (Å²) in [6.45, 7) is 6.38. The molecule has 0 saturated carbocycles. The summed E-state index contributed by atoms with van der Waals surface area (Å²) in [5.74, 6) is -0.755. The summed E-state index contributed by atoms with van der Waals surface area (Å²) in [6.07, 6.45) is 3.27. The van der Waals surface area contributed by atoms with Crippen LogP contribution in [0.5, 0.6) is 0 Å². The van der Waals surface area contributed by atoms with Crippen LogP contribution >= 0.6 is 0 Å². The second-order valence-corrected chi connectivity index (χ2v) is 8.31. The second kappa shape index (κ2) is 8.31. The molecule has 30 heavy (non-hydrogen) atoms. The van der Waals surface area contributed by atoms with Gasteiger partial charge in [-0.25, -0.2) is 0 Å². The van der Waals surface area contributed by atoms with E-state index >= 15 is 0 Å². The number of benzene rings is 2.